The predicted molar refractivity (Wildman–Crippen MR) is 74.8 cm³/mol. The molecule has 2 unspecified atom stereocenters. The Balaban J connectivity index is 2.27. The van der Waals surface area contributed by atoms with Crippen molar-refractivity contribution in [2.24, 2.45) is 0 Å². The topological polar surface area (TPSA) is 79.2 Å². The normalized spacial score (nSPS) is 21.8. The third-order valence-electron chi connectivity index (χ3n) is 3.63. The smallest absolute Gasteiger partial charge is 0.303 e. The number of piperidine rings is 1. The SMILES string of the molecule is COCCOCC(O)CN1CCCCC1CCC(=O)O. The summed E-state index contributed by atoms with van der Waals surface area (Å²) in [6.07, 6.45) is 3.60. The molecule has 20 heavy (non-hydrogen) atoms. The maximum absolute atomic E-state index is 10.7. The minimum atomic E-state index is -0.751. The lowest BCUT2D eigenvalue weighted by Crippen LogP contribution is -2.45. The van der Waals surface area contributed by atoms with E-state index in [1.54, 1.807) is 7.11 Å². The summed E-state index contributed by atoms with van der Waals surface area (Å²) in [5, 5.41) is 18.8. The van der Waals surface area contributed by atoms with Gasteiger partial charge in [-0.25, -0.2) is 0 Å². The van der Waals surface area contributed by atoms with Crippen LogP contribution in [-0.4, -0.2) is 73.2 Å². The minimum absolute atomic E-state index is 0.196. The maximum atomic E-state index is 10.7. The number of aliphatic carboxylic acids is 1. The van der Waals surface area contributed by atoms with Gasteiger partial charge in [0.15, 0.2) is 0 Å². The summed E-state index contributed by atoms with van der Waals surface area (Å²) >= 11 is 0. The number of ether oxygens (including phenoxy) is 2. The molecule has 1 heterocycles. The Morgan fingerprint density at radius 3 is 2.90 bits per heavy atom. The van der Waals surface area contributed by atoms with Crippen LogP contribution in [0.1, 0.15) is 32.1 Å². The average molecular weight is 289 g/mol. The lowest BCUT2D eigenvalue weighted by molar-refractivity contribution is -0.137. The largest absolute Gasteiger partial charge is 0.481 e. The number of carbonyl (C=O) groups is 1. The first-order valence-electron chi connectivity index (χ1n) is 7.34. The molecule has 0 aromatic heterocycles. The second kappa shape index (κ2) is 10.1. The summed E-state index contributed by atoms with van der Waals surface area (Å²) < 4.78 is 10.2. The molecule has 0 aliphatic carbocycles. The summed E-state index contributed by atoms with van der Waals surface area (Å²) in [6.45, 7) is 2.79. The van der Waals surface area contributed by atoms with Crippen LogP contribution in [0.5, 0.6) is 0 Å². The molecule has 1 saturated heterocycles. The Hall–Kier alpha value is -0.690. The van der Waals surface area contributed by atoms with Crippen LogP contribution in [-0.2, 0) is 14.3 Å². The van der Waals surface area contributed by atoms with Gasteiger partial charge in [0.1, 0.15) is 0 Å². The fourth-order valence-corrected chi connectivity index (χ4v) is 2.60. The number of likely N-dealkylation sites (tertiary alicyclic amines) is 1. The molecule has 1 rings (SSSR count). The van der Waals surface area contributed by atoms with Crippen molar-refractivity contribution in [1.82, 2.24) is 4.90 Å². The number of hydrogen-bond donors (Lipinski definition) is 2. The first-order valence-corrected chi connectivity index (χ1v) is 7.34. The van der Waals surface area contributed by atoms with Gasteiger partial charge >= 0.3 is 5.97 Å². The van der Waals surface area contributed by atoms with Crippen LogP contribution in [0, 0.1) is 0 Å². The van der Waals surface area contributed by atoms with Gasteiger partial charge in [0.2, 0.25) is 0 Å². The zero-order valence-electron chi connectivity index (χ0n) is 12.3. The van der Waals surface area contributed by atoms with E-state index in [2.05, 4.69) is 4.90 Å². The number of β-amino-alcohol motifs (C(OH)–C–C–N with tert-alkyl or cyclic N) is 1. The van der Waals surface area contributed by atoms with Gasteiger partial charge in [-0.3, -0.25) is 9.69 Å². The van der Waals surface area contributed by atoms with Gasteiger partial charge in [-0.1, -0.05) is 6.42 Å². The predicted octanol–water partition coefficient (Wildman–Crippen LogP) is 0.730. The zero-order valence-corrected chi connectivity index (χ0v) is 12.3. The van der Waals surface area contributed by atoms with Crippen LogP contribution in [0.15, 0.2) is 0 Å². The molecule has 2 atom stereocenters. The highest BCUT2D eigenvalue weighted by molar-refractivity contribution is 5.66. The van der Waals surface area contributed by atoms with E-state index in [1.165, 1.54) is 0 Å². The standard InChI is InChI=1S/C14H27NO5/c1-19-8-9-20-11-13(16)10-15-7-3-2-4-12(15)5-6-14(17)18/h12-13,16H,2-11H2,1H3,(H,17,18). The van der Waals surface area contributed by atoms with E-state index < -0.39 is 12.1 Å². The molecule has 0 amide bonds. The van der Waals surface area contributed by atoms with E-state index in [-0.39, 0.29) is 12.5 Å². The third kappa shape index (κ3) is 7.19. The zero-order chi connectivity index (χ0) is 14.8. The molecule has 2 N–H and O–H groups in total. The molecule has 0 spiro atoms. The van der Waals surface area contributed by atoms with Gasteiger partial charge in [-0.05, 0) is 25.8 Å². The summed E-state index contributed by atoms with van der Waals surface area (Å²) in [7, 11) is 1.61. The summed E-state index contributed by atoms with van der Waals surface area (Å²) in [4.78, 5) is 12.9. The van der Waals surface area contributed by atoms with Crippen LogP contribution in [0.3, 0.4) is 0 Å². The Morgan fingerprint density at radius 1 is 1.40 bits per heavy atom. The van der Waals surface area contributed by atoms with E-state index in [0.29, 0.717) is 32.8 Å². The highest BCUT2D eigenvalue weighted by Crippen LogP contribution is 2.21. The molecule has 1 aliphatic rings. The van der Waals surface area contributed by atoms with Crippen molar-refractivity contribution in [3.05, 3.63) is 0 Å². The number of rotatable bonds is 10. The molecule has 0 radical (unpaired) electrons. The van der Waals surface area contributed by atoms with E-state index in [4.69, 9.17) is 14.6 Å². The van der Waals surface area contributed by atoms with Gasteiger partial charge in [-0.2, -0.15) is 0 Å². The fourth-order valence-electron chi connectivity index (χ4n) is 2.60. The van der Waals surface area contributed by atoms with Crippen LogP contribution < -0.4 is 0 Å². The monoisotopic (exact) mass is 289 g/mol. The van der Waals surface area contributed by atoms with Crippen molar-refractivity contribution in [1.29, 1.82) is 0 Å². The third-order valence-corrected chi connectivity index (χ3v) is 3.63. The van der Waals surface area contributed by atoms with Crippen molar-refractivity contribution < 1.29 is 24.5 Å². The quantitative estimate of drug-likeness (QED) is 0.577. The summed E-state index contributed by atoms with van der Waals surface area (Å²) in [5.41, 5.74) is 0. The van der Waals surface area contributed by atoms with Crippen LogP contribution >= 0.6 is 0 Å². The summed E-state index contributed by atoms with van der Waals surface area (Å²) in [5.74, 6) is -0.751. The number of carboxylic acid groups (broad SMARTS) is 1. The first kappa shape index (κ1) is 17.4. The van der Waals surface area contributed by atoms with Crippen LogP contribution in [0.4, 0.5) is 0 Å². The minimum Gasteiger partial charge on any atom is -0.481 e. The van der Waals surface area contributed by atoms with Crippen LogP contribution in [0.2, 0.25) is 0 Å². The van der Waals surface area contributed by atoms with Gasteiger partial charge in [0.25, 0.3) is 0 Å². The molecule has 6 nitrogen and oxygen atoms in total. The van der Waals surface area contributed by atoms with Crippen molar-refractivity contribution in [3.8, 4) is 0 Å². The number of nitrogens with zero attached hydrogens (tertiary/aromatic N) is 1. The molecular weight excluding hydrogens is 262 g/mol. The van der Waals surface area contributed by atoms with E-state index in [9.17, 15) is 9.90 Å². The van der Waals surface area contributed by atoms with E-state index >= 15 is 0 Å². The fraction of sp³-hybridized carbons (Fsp3) is 0.929. The molecule has 118 valence electrons. The molecule has 6 heteroatoms. The Kier molecular flexibility index (Phi) is 8.77. The lowest BCUT2D eigenvalue weighted by atomic mass is 9.97. The lowest BCUT2D eigenvalue weighted by Gasteiger charge is -2.36. The number of aliphatic hydroxyl groups excluding tert-OH is 1. The average Bonchev–Trinajstić information content (AvgIpc) is 2.42. The first-order chi connectivity index (χ1) is 9.63. The Bertz CT molecular complexity index is 274. The van der Waals surface area contributed by atoms with Crippen molar-refractivity contribution in [3.63, 3.8) is 0 Å². The Morgan fingerprint density at radius 2 is 2.20 bits per heavy atom. The molecule has 0 bridgehead atoms. The molecule has 0 saturated carbocycles. The van der Waals surface area contributed by atoms with Crippen molar-refractivity contribution in [2.45, 2.75) is 44.2 Å². The molecule has 1 aliphatic heterocycles. The number of carboxylic acids is 1. The van der Waals surface area contributed by atoms with E-state index in [1.807, 2.05) is 0 Å². The van der Waals surface area contributed by atoms with Crippen molar-refractivity contribution in [2.75, 3.05) is 40.0 Å². The van der Waals surface area contributed by atoms with Gasteiger partial charge in [-0.15, -0.1) is 0 Å². The maximum Gasteiger partial charge on any atom is 0.303 e. The van der Waals surface area contributed by atoms with Crippen molar-refractivity contribution >= 4 is 5.97 Å². The van der Waals surface area contributed by atoms with Gasteiger partial charge < -0.3 is 19.7 Å². The highest BCUT2D eigenvalue weighted by Gasteiger charge is 2.24. The Labute approximate surface area is 120 Å². The molecule has 0 aromatic carbocycles. The second-order valence-electron chi connectivity index (χ2n) is 5.30. The molecular formula is C14H27NO5. The van der Waals surface area contributed by atoms with Gasteiger partial charge in [0.05, 0.1) is 25.9 Å². The molecule has 0 aromatic rings. The van der Waals surface area contributed by atoms with E-state index in [0.717, 1.165) is 25.8 Å². The van der Waals surface area contributed by atoms with Gasteiger partial charge in [0, 0.05) is 26.1 Å². The number of hydrogen-bond acceptors (Lipinski definition) is 5. The molecule has 1 fully saturated rings. The number of aliphatic hydroxyl groups is 1. The number of methoxy groups -OCH3 is 1. The summed E-state index contributed by atoms with van der Waals surface area (Å²) in [6, 6.07) is 0.272. The highest BCUT2D eigenvalue weighted by atomic mass is 16.5. The second-order valence-corrected chi connectivity index (χ2v) is 5.30. The van der Waals surface area contributed by atoms with Crippen LogP contribution in [0.25, 0.3) is 0 Å².